The van der Waals surface area contributed by atoms with Crippen molar-refractivity contribution in [3.8, 4) is 0 Å². The van der Waals surface area contributed by atoms with E-state index in [-0.39, 0.29) is 25.7 Å². The van der Waals surface area contributed by atoms with E-state index in [1.165, 1.54) is 37.3 Å². The summed E-state index contributed by atoms with van der Waals surface area (Å²) in [5.41, 5.74) is 0.269. The molecule has 2 aromatic carbocycles. The largest absolute Gasteiger partial charge is 0.323 e. The minimum Gasteiger partial charge on any atom is -0.323 e. The van der Waals surface area contributed by atoms with Gasteiger partial charge in [0.2, 0.25) is 15.9 Å². The maximum Gasteiger partial charge on any atom is 0.242 e. The summed E-state index contributed by atoms with van der Waals surface area (Å²) in [7, 11) is -4.05. The zero-order chi connectivity index (χ0) is 18.8. The molecule has 2 rings (SSSR count). The average Bonchev–Trinajstić information content (AvgIpc) is 2.52. The van der Waals surface area contributed by atoms with Crippen molar-refractivity contribution >= 4 is 68.0 Å². The van der Waals surface area contributed by atoms with Gasteiger partial charge in [0.15, 0.2) is 0 Å². The molecule has 2 aromatic rings. The monoisotopic (exact) mass is 440 g/mol. The zero-order valence-electron chi connectivity index (χ0n) is 12.7. The van der Waals surface area contributed by atoms with Crippen LogP contribution < -0.4 is 10.0 Å². The van der Waals surface area contributed by atoms with Crippen molar-refractivity contribution in [1.29, 1.82) is 0 Å². The van der Waals surface area contributed by atoms with E-state index in [2.05, 4.69) is 10.0 Å². The fourth-order valence-electron chi connectivity index (χ4n) is 1.87. The van der Waals surface area contributed by atoms with Gasteiger partial charge in [0, 0.05) is 10.0 Å². The summed E-state index contributed by atoms with van der Waals surface area (Å²) in [5.74, 6) is -0.620. The van der Waals surface area contributed by atoms with Gasteiger partial charge in [0.05, 0.1) is 21.8 Å². The molecular formula is C15H12Cl4N2O3S. The quantitative estimate of drug-likeness (QED) is 0.711. The maximum atomic E-state index is 12.4. The fourth-order valence-corrected chi connectivity index (χ4v) is 4.17. The Balaban J connectivity index is 2.17. The second-order valence-electron chi connectivity index (χ2n) is 5.03. The summed E-state index contributed by atoms with van der Waals surface area (Å²) in [6.07, 6.45) is 0. The molecule has 0 saturated heterocycles. The molecule has 0 heterocycles. The lowest BCUT2D eigenvalue weighted by Gasteiger charge is -2.16. The fraction of sp³-hybridized carbons (Fsp3) is 0.133. The van der Waals surface area contributed by atoms with Crippen LogP contribution in [0, 0.1) is 0 Å². The standard InChI is InChI=1S/C15H12Cl4N2O3S/c1-8(15(22)20-13-6-9(16)2-4-11(13)18)21-25(23,24)14-7-10(17)3-5-12(14)19/h2-8,21H,1H3,(H,20,22). The normalized spacial score (nSPS) is 12.7. The van der Waals surface area contributed by atoms with Gasteiger partial charge >= 0.3 is 0 Å². The Kier molecular flexibility index (Phi) is 6.59. The van der Waals surface area contributed by atoms with Crippen LogP contribution in [0.15, 0.2) is 41.3 Å². The lowest BCUT2D eigenvalue weighted by atomic mass is 10.3. The van der Waals surface area contributed by atoms with Crippen LogP contribution in [-0.2, 0) is 14.8 Å². The summed E-state index contributed by atoms with van der Waals surface area (Å²) < 4.78 is 27.1. The van der Waals surface area contributed by atoms with Crippen LogP contribution in [-0.4, -0.2) is 20.4 Å². The van der Waals surface area contributed by atoms with Gasteiger partial charge in [-0.15, -0.1) is 0 Å². The molecule has 0 aliphatic heterocycles. The molecule has 25 heavy (non-hydrogen) atoms. The zero-order valence-corrected chi connectivity index (χ0v) is 16.5. The number of benzene rings is 2. The average molecular weight is 442 g/mol. The number of hydrogen-bond donors (Lipinski definition) is 2. The molecule has 0 radical (unpaired) electrons. The molecule has 2 N–H and O–H groups in total. The van der Waals surface area contributed by atoms with Crippen LogP contribution in [0.3, 0.4) is 0 Å². The first-order valence-electron chi connectivity index (χ1n) is 6.83. The van der Waals surface area contributed by atoms with Crippen molar-refractivity contribution < 1.29 is 13.2 Å². The number of hydrogen-bond acceptors (Lipinski definition) is 3. The molecule has 0 aliphatic rings. The maximum absolute atomic E-state index is 12.4. The molecule has 1 amide bonds. The first kappa shape index (κ1) is 20.3. The van der Waals surface area contributed by atoms with E-state index in [1.807, 2.05) is 0 Å². The highest BCUT2D eigenvalue weighted by molar-refractivity contribution is 7.89. The Morgan fingerprint density at radius 1 is 0.960 bits per heavy atom. The predicted molar refractivity (Wildman–Crippen MR) is 101 cm³/mol. The lowest BCUT2D eigenvalue weighted by Crippen LogP contribution is -2.41. The highest BCUT2D eigenvalue weighted by Gasteiger charge is 2.24. The topological polar surface area (TPSA) is 75.3 Å². The molecule has 1 atom stereocenters. The minimum absolute atomic E-state index is 0.0117. The Hall–Kier alpha value is -1.02. The highest BCUT2D eigenvalue weighted by atomic mass is 35.5. The van der Waals surface area contributed by atoms with Crippen LogP contribution in [0.4, 0.5) is 5.69 Å². The van der Waals surface area contributed by atoms with E-state index in [1.54, 1.807) is 6.07 Å². The van der Waals surface area contributed by atoms with Gasteiger partial charge in [-0.3, -0.25) is 4.79 Å². The third kappa shape index (κ3) is 5.23. The van der Waals surface area contributed by atoms with E-state index in [0.29, 0.717) is 5.02 Å². The molecule has 10 heteroatoms. The number of sulfonamides is 1. The van der Waals surface area contributed by atoms with Crippen molar-refractivity contribution in [2.75, 3.05) is 5.32 Å². The van der Waals surface area contributed by atoms with Crippen LogP contribution in [0.5, 0.6) is 0 Å². The van der Waals surface area contributed by atoms with Crippen molar-refractivity contribution in [3.05, 3.63) is 56.5 Å². The first-order chi connectivity index (χ1) is 11.6. The molecule has 134 valence electrons. The summed E-state index contributed by atoms with van der Waals surface area (Å²) >= 11 is 23.5. The Morgan fingerprint density at radius 3 is 2.16 bits per heavy atom. The number of anilines is 1. The van der Waals surface area contributed by atoms with Gasteiger partial charge in [-0.25, -0.2) is 8.42 Å². The SMILES string of the molecule is CC(NS(=O)(=O)c1cc(Cl)ccc1Cl)C(=O)Nc1cc(Cl)ccc1Cl. The third-order valence-electron chi connectivity index (χ3n) is 3.09. The molecule has 5 nitrogen and oxygen atoms in total. The molecule has 0 fully saturated rings. The molecule has 0 aliphatic carbocycles. The number of nitrogens with one attached hydrogen (secondary N) is 2. The molecule has 1 unspecified atom stereocenters. The van der Waals surface area contributed by atoms with Crippen molar-refractivity contribution in [2.45, 2.75) is 17.9 Å². The van der Waals surface area contributed by atoms with Crippen LogP contribution in [0.25, 0.3) is 0 Å². The summed E-state index contributed by atoms with van der Waals surface area (Å²) in [6.45, 7) is 1.38. The van der Waals surface area contributed by atoms with E-state index < -0.39 is 22.0 Å². The molecular weight excluding hydrogens is 430 g/mol. The minimum atomic E-state index is -4.05. The van der Waals surface area contributed by atoms with Crippen LogP contribution in [0.1, 0.15) is 6.92 Å². The number of carbonyl (C=O) groups excluding carboxylic acids is 1. The first-order valence-corrected chi connectivity index (χ1v) is 9.83. The molecule has 0 bridgehead atoms. The van der Waals surface area contributed by atoms with Crippen LogP contribution >= 0.6 is 46.4 Å². The van der Waals surface area contributed by atoms with Gasteiger partial charge < -0.3 is 5.32 Å². The highest BCUT2D eigenvalue weighted by Crippen LogP contribution is 2.27. The van der Waals surface area contributed by atoms with Gasteiger partial charge in [-0.05, 0) is 43.3 Å². The van der Waals surface area contributed by atoms with Crippen molar-refractivity contribution in [2.24, 2.45) is 0 Å². The van der Waals surface area contributed by atoms with Crippen LogP contribution in [0.2, 0.25) is 20.1 Å². The second kappa shape index (κ2) is 8.12. The Bertz CT molecular complexity index is 919. The van der Waals surface area contributed by atoms with E-state index >= 15 is 0 Å². The van der Waals surface area contributed by atoms with Gasteiger partial charge in [0.25, 0.3) is 0 Å². The van der Waals surface area contributed by atoms with E-state index in [0.717, 1.165) is 0 Å². The second-order valence-corrected chi connectivity index (χ2v) is 8.40. The van der Waals surface area contributed by atoms with Crippen molar-refractivity contribution in [3.63, 3.8) is 0 Å². The van der Waals surface area contributed by atoms with Crippen molar-refractivity contribution in [1.82, 2.24) is 4.72 Å². The summed E-state index contributed by atoms with van der Waals surface area (Å²) in [4.78, 5) is 12.0. The lowest BCUT2D eigenvalue weighted by molar-refractivity contribution is -0.117. The smallest absolute Gasteiger partial charge is 0.242 e. The number of rotatable bonds is 5. The molecule has 0 spiro atoms. The van der Waals surface area contributed by atoms with E-state index in [9.17, 15) is 13.2 Å². The van der Waals surface area contributed by atoms with Gasteiger partial charge in [-0.1, -0.05) is 46.4 Å². The Labute approximate surface area is 165 Å². The number of amides is 1. The third-order valence-corrected chi connectivity index (χ3v) is 5.92. The number of halogens is 4. The summed E-state index contributed by atoms with van der Waals surface area (Å²) in [5, 5.41) is 3.34. The van der Waals surface area contributed by atoms with E-state index in [4.69, 9.17) is 46.4 Å². The Morgan fingerprint density at radius 2 is 1.52 bits per heavy atom. The molecule has 0 saturated carbocycles. The van der Waals surface area contributed by atoms with Gasteiger partial charge in [-0.2, -0.15) is 4.72 Å². The van der Waals surface area contributed by atoms with Gasteiger partial charge in [0.1, 0.15) is 4.90 Å². The predicted octanol–water partition coefficient (Wildman–Crippen LogP) is 4.61. The molecule has 0 aromatic heterocycles. The summed E-state index contributed by atoms with van der Waals surface area (Å²) in [6, 6.07) is 7.44. The number of carbonyl (C=O) groups is 1.